The molecule has 0 fully saturated rings. The third-order valence-electron chi connectivity index (χ3n) is 2.03. The highest BCUT2D eigenvalue weighted by Gasteiger charge is 2.14. The van der Waals surface area contributed by atoms with Gasteiger partial charge in [0.05, 0.1) is 18.9 Å². The molecule has 0 saturated heterocycles. The zero-order valence-corrected chi connectivity index (χ0v) is 7.48. The molecule has 1 heterocycles. The van der Waals surface area contributed by atoms with Crippen molar-refractivity contribution in [2.24, 2.45) is 0 Å². The van der Waals surface area contributed by atoms with Gasteiger partial charge in [0.25, 0.3) is 0 Å². The lowest BCUT2D eigenvalue weighted by atomic mass is 10.1. The van der Waals surface area contributed by atoms with Crippen LogP contribution in [0.25, 0.3) is 11.0 Å². The van der Waals surface area contributed by atoms with E-state index in [1.165, 1.54) is 13.4 Å². The normalized spacial score (nSPS) is 10.4. The maximum atomic E-state index is 10.6. The van der Waals surface area contributed by atoms with E-state index < -0.39 is 0 Å². The van der Waals surface area contributed by atoms with E-state index in [9.17, 15) is 9.90 Å². The average molecular weight is 192 g/mol. The van der Waals surface area contributed by atoms with Crippen molar-refractivity contribution in [3.05, 3.63) is 24.0 Å². The van der Waals surface area contributed by atoms with Gasteiger partial charge >= 0.3 is 0 Å². The van der Waals surface area contributed by atoms with E-state index in [4.69, 9.17) is 9.15 Å². The van der Waals surface area contributed by atoms with Crippen LogP contribution >= 0.6 is 0 Å². The number of aromatic hydroxyl groups is 1. The summed E-state index contributed by atoms with van der Waals surface area (Å²) in [5, 5.41) is 10.3. The predicted molar refractivity (Wildman–Crippen MR) is 49.8 cm³/mol. The average Bonchev–Trinajstić information content (AvgIpc) is 2.64. The first-order chi connectivity index (χ1) is 6.77. The number of aldehydes is 1. The maximum absolute atomic E-state index is 10.6. The van der Waals surface area contributed by atoms with E-state index in [1.807, 2.05) is 0 Å². The fourth-order valence-corrected chi connectivity index (χ4v) is 1.37. The fourth-order valence-electron chi connectivity index (χ4n) is 1.37. The molecule has 0 spiro atoms. The maximum Gasteiger partial charge on any atom is 0.205 e. The molecule has 72 valence electrons. The van der Waals surface area contributed by atoms with Gasteiger partial charge in [-0.1, -0.05) is 0 Å². The Balaban J connectivity index is 2.87. The second kappa shape index (κ2) is 3.06. The van der Waals surface area contributed by atoms with Crippen molar-refractivity contribution in [3.63, 3.8) is 0 Å². The molecule has 0 aliphatic rings. The third-order valence-corrected chi connectivity index (χ3v) is 2.03. The van der Waals surface area contributed by atoms with E-state index in [-0.39, 0.29) is 17.1 Å². The van der Waals surface area contributed by atoms with Gasteiger partial charge in [0.15, 0.2) is 17.6 Å². The number of ether oxygens (including phenoxy) is 1. The number of furan rings is 1. The molecule has 0 amide bonds. The molecule has 14 heavy (non-hydrogen) atoms. The lowest BCUT2D eigenvalue weighted by molar-refractivity contribution is 0.112. The van der Waals surface area contributed by atoms with Gasteiger partial charge in [-0.3, -0.25) is 4.79 Å². The van der Waals surface area contributed by atoms with Crippen LogP contribution in [0, 0.1) is 0 Å². The van der Waals surface area contributed by atoms with Crippen molar-refractivity contribution in [2.45, 2.75) is 0 Å². The Labute approximate surface area is 79.7 Å². The number of carbonyl (C=O) groups excluding carboxylic acids is 1. The molecule has 0 saturated carbocycles. The molecule has 1 aromatic carbocycles. The van der Waals surface area contributed by atoms with Crippen LogP contribution in [0.15, 0.2) is 22.8 Å². The largest absolute Gasteiger partial charge is 0.504 e. The van der Waals surface area contributed by atoms with Crippen LogP contribution in [0.1, 0.15) is 10.4 Å². The number of phenolic OH excluding ortho intramolecular Hbond substituents is 1. The minimum atomic E-state index is -0.190. The molecule has 2 rings (SSSR count). The first-order valence-electron chi connectivity index (χ1n) is 4.00. The van der Waals surface area contributed by atoms with Crippen LogP contribution in [0.3, 0.4) is 0 Å². The number of rotatable bonds is 2. The molecule has 4 nitrogen and oxygen atoms in total. The second-order valence-electron chi connectivity index (χ2n) is 2.80. The molecule has 0 atom stereocenters. The van der Waals surface area contributed by atoms with Gasteiger partial charge in [-0.2, -0.15) is 0 Å². The predicted octanol–water partition coefficient (Wildman–Crippen LogP) is 1.96. The molecule has 0 aliphatic heterocycles. The highest BCUT2D eigenvalue weighted by Crippen LogP contribution is 2.37. The molecule has 2 aromatic rings. The summed E-state index contributed by atoms with van der Waals surface area (Å²) in [5.74, 6) is -0.000417. The van der Waals surface area contributed by atoms with Gasteiger partial charge in [0.2, 0.25) is 5.75 Å². The summed E-state index contributed by atoms with van der Waals surface area (Å²) in [6, 6.07) is 3.24. The van der Waals surface area contributed by atoms with Gasteiger partial charge in [-0.25, -0.2) is 0 Å². The fraction of sp³-hybridized carbons (Fsp3) is 0.100. The summed E-state index contributed by atoms with van der Waals surface area (Å²) in [6.45, 7) is 0. The Morgan fingerprint density at radius 3 is 3.00 bits per heavy atom. The zero-order chi connectivity index (χ0) is 10.1. The molecule has 1 N–H and O–H groups in total. The SMILES string of the molecule is COc1c(O)c(C=O)cc2ccoc12. The molecular weight excluding hydrogens is 184 g/mol. The third kappa shape index (κ3) is 1.04. The first kappa shape index (κ1) is 8.62. The Bertz CT molecular complexity index is 484. The zero-order valence-electron chi connectivity index (χ0n) is 7.48. The summed E-state index contributed by atoms with van der Waals surface area (Å²) >= 11 is 0. The van der Waals surface area contributed by atoms with Gasteiger partial charge in [-0.05, 0) is 12.1 Å². The Kier molecular flexibility index (Phi) is 1.89. The quantitative estimate of drug-likeness (QED) is 0.739. The van der Waals surface area contributed by atoms with Crippen LogP contribution in [0.4, 0.5) is 0 Å². The van der Waals surface area contributed by atoms with Crippen LogP contribution in [0.2, 0.25) is 0 Å². The monoisotopic (exact) mass is 192 g/mol. The molecule has 0 radical (unpaired) electrons. The van der Waals surface area contributed by atoms with Crippen LogP contribution in [-0.2, 0) is 0 Å². The molecule has 1 aromatic heterocycles. The highest BCUT2D eigenvalue weighted by atomic mass is 16.5. The number of hydrogen-bond acceptors (Lipinski definition) is 4. The minimum Gasteiger partial charge on any atom is -0.504 e. The van der Waals surface area contributed by atoms with E-state index in [2.05, 4.69) is 0 Å². The van der Waals surface area contributed by atoms with Crippen molar-refractivity contribution in [3.8, 4) is 11.5 Å². The van der Waals surface area contributed by atoms with Crippen LogP contribution in [0.5, 0.6) is 11.5 Å². The molecule has 4 heteroatoms. The molecule has 0 aliphatic carbocycles. The summed E-state index contributed by atoms with van der Waals surface area (Å²) in [5.41, 5.74) is 0.631. The Morgan fingerprint density at radius 1 is 1.57 bits per heavy atom. The number of fused-ring (bicyclic) bond motifs is 1. The van der Waals surface area contributed by atoms with Crippen molar-refractivity contribution < 1.29 is 19.1 Å². The summed E-state index contributed by atoms with van der Waals surface area (Å²) < 4.78 is 10.1. The standard InChI is InChI=1S/C10H8O4/c1-13-10-8(12)7(5-11)4-6-2-3-14-9(6)10/h2-5,12H,1H3. The van der Waals surface area contributed by atoms with Crippen LogP contribution < -0.4 is 4.74 Å². The smallest absolute Gasteiger partial charge is 0.205 e. The van der Waals surface area contributed by atoms with E-state index in [1.54, 1.807) is 12.1 Å². The second-order valence-corrected chi connectivity index (χ2v) is 2.80. The lowest BCUT2D eigenvalue weighted by Gasteiger charge is -2.05. The van der Waals surface area contributed by atoms with Crippen LogP contribution in [-0.4, -0.2) is 18.5 Å². The summed E-state index contributed by atoms with van der Waals surface area (Å²) in [7, 11) is 1.41. The summed E-state index contributed by atoms with van der Waals surface area (Å²) in [6.07, 6.45) is 2.05. The Morgan fingerprint density at radius 2 is 2.36 bits per heavy atom. The molecular formula is C10H8O4. The topological polar surface area (TPSA) is 59.7 Å². The van der Waals surface area contributed by atoms with Gasteiger partial charge in [0.1, 0.15) is 0 Å². The number of benzene rings is 1. The van der Waals surface area contributed by atoms with E-state index in [0.29, 0.717) is 11.9 Å². The van der Waals surface area contributed by atoms with Crippen molar-refractivity contribution in [2.75, 3.05) is 7.11 Å². The van der Waals surface area contributed by atoms with Crippen molar-refractivity contribution in [1.29, 1.82) is 0 Å². The van der Waals surface area contributed by atoms with Gasteiger partial charge in [-0.15, -0.1) is 0 Å². The Hall–Kier alpha value is -1.97. The van der Waals surface area contributed by atoms with E-state index in [0.717, 1.165) is 5.39 Å². The van der Waals surface area contributed by atoms with Crippen molar-refractivity contribution in [1.82, 2.24) is 0 Å². The minimum absolute atomic E-state index is 0.189. The molecule has 0 bridgehead atoms. The van der Waals surface area contributed by atoms with Gasteiger partial charge in [0, 0.05) is 5.39 Å². The first-order valence-corrected chi connectivity index (χ1v) is 4.00. The highest BCUT2D eigenvalue weighted by molar-refractivity contribution is 5.94. The number of hydrogen-bond donors (Lipinski definition) is 1. The number of phenols is 1. The molecule has 0 unspecified atom stereocenters. The number of carbonyl (C=O) groups is 1. The van der Waals surface area contributed by atoms with Gasteiger partial charge < -0.3 is 14.3 Å². The lowest BCUT2D eigenvalue weighted by Crippen LogP contribution is -1.88. The van der Waals surface area contributed by atoms with Crippen molar-refractivity contribution >= 4 is 17.3 Å². The summed E-state index contributed by atoms with van der Waals surface area (Å²) in [4.78, 5) is 10.6. The number of methoxy groups -OCH3 is 1. The van der Waals surface area contributed by atoms with E-state index >= 15 is 0 Å².